The summed E-state index contributed by atoms with van der Waals surface area (Å²) in [4.78, 5) is 0. The molecule has 108 valence electrons. The van der Waals surface area contributed by atoms with Crippen LogP contribution in [-0.4, -0.2) is 16.9 Å². The molecule has 0 saturated carbocycles. The van der Waals surface area contributed by atoms with E-state index in [1.165, 1.54) is 5.56 Å². The molecular weight excluding hydrogens is 318 g/mol. The number of benzene rings is 1. The second-order valence-corrected chi connectivity index (χ2v) is 5.53. The van der Waals surface area contributed by atoms with Crippen LogP contribution in [-0.2, 0) is 20.0 Å². The zero-order chi connectivity index (χ0) is 14.7. The number of aryl methyl sites for hydroxylation is 3. The average molecular weight is 338 g/mol. The smallest absolute Gasteiger partial charge is 0.141 e. The summed E-state index contributed by atoms with van der Waals surface area (Å²) in [6, 6.07) is 6.11. The van der Waals surface area contributed by atoms with Gasteiger partial charge in [-0.15, -0.1) is 0 Å². The van der Waals surface area contributed by atoms with E-state index in [1.807, 2.05) is 23.9 Å². The molecule has 1 heterocycles. The Morgan fingerprint density at radius 2 is 2.15 bits per heavy atom. The minimum Gasteiger partial charge on any atom is -0.495 e. The quantitative estimate of drug-likeness (QED) is 0.904. The molecule has 2 aromatic rings. The zero-order valence-electron chi connectivity index (χ0n) is 12.3. The first kappa shape index (κ1) is 14.9. The van der Waals surface area contributed by atoms with Crippen molar-refractivity contribution >= 4 is 21.6 Å². The Kier molecular flexibility index (Phi) is 4.70. The second-order valence-electron chi connectivity index (χ2n) is 4.74. The third-order valence-corrected chi connectivity index (χ3v) is 4.22. The SMILES string of the molecule is CCc1nn(C)c(CNc2cc(C)ccc2OC)c1Br. The Morgan fingerprint density at radius 3 is 2.75 bits per heavy atom. The summed E-state index contributed by atoms with van der Waals surface area (Å²) < 4.78 is 8.38. The fourth-order valence-electron chi connectivity index (χ4n) is 2.15. The van der Waals surface area contributed by atoms with E-state index >= 15 is 0 Å². The van der Waals surface area contributed by atoms with Crippen LogP contribution in [0.5, 0.6) is 5.75 Å². The Hall–Kier alpha value is -1.49. The first-order valence-corrected chi connectivity index (χ1v) is 7.44. The minimum absolute atomic E-state index is 0.698. The second kappa shape index (κ2) is 6.31. The van der Waals surface area contributed by atoms with Gasteiger partial charge in [-0.05, 0) is 47.0 Å². The highest BCUT2D eigenvalue weighted by atomic mass is 79.9. The molecule has 0 atom stereocenters. The largest absolute Gasteiger partial charge is 0.495 e. The predicted molar refractivity (Wildman–Crippen MR) is 85.3 cm³/mol. The van der Waals surface area contributed by atoms with Crippen molar-refractivity contribution in [1.29, 1.82) is 0 Å². The molecular formula is C15H20BrN3O. The van der Waals surface area contributed by atoms with Crippen LogP contribution in [0.4, 0.5) is 5.69 Å². The number of ether oxygens (including phenoxy) is 1. The topological polar surface area (TPSA) is 39.1 Å². The summed E-state index contributed by atoms with van der Waals surface area (Å²) >= 11 is 3.63. The van der Waals surface area contributed by atoms with E-state index in [2.05, 4.69) is 46.3 Å². The van der Waals surface area contributed by atoms with Crippen molar-refractivity contribution in [3.63, 3.8) is 0 Å². The van der Waals surface area contributed by atoms with E-state index in [4.69, 9.17) is 4.74 Å². The lowest BCUT2D eigenvalue weighted by atomic mass is 10.2. The van der Waals surface area contributed by atoms with Gasteiger partial charge in [0.05, 0.1) is 35.2 Å². The third kappa shape index (κ3) is 2.98. The summed E-state index contributed by atoms with van der Waals surface area (Å²) in [5.41, 5.74) is 4.41. The molecule has 0 amide bonds. The van der Waals surface area contributed by atoms with Gasteiger partial charge in [0.25, 0.3) is 0 Å². The summed E-state index contributed by atoms with van der Waals surface area (Å²) in [7, 11) is 3.65. The zero-order valence-corrected chi connectivity index (χ0v) is 13.9. The molecule has 0 bridgehead atoms. The first-order valence-electron chi connectivity index (χ1n) is 6.65. The van der Waals surface area contributed by atoms with E-state index in [0.29, 0.717) is 6.54 Å². The van der Waals surface area contributed by atoms with Gasteiger partial charge in [-0.25, -0.2) is 0 Å². The van der Waals surface area contributed by atoms with E-state index in [0.717, 1.165) is 33.7 Å². The Labute approximate surface area is 128 Å². The molecule has 2 rings (SSSR count). The predicted octanol–water partition coefficient (Wildman–Crippen LogP) is 3.67. The Balaban J connectivity index is 2.21. The van der Waals surface area contributed by atoms with Gasteiger partial charge in [-0.2, -0.15) is 5.10 Å². The van der Waals surface area contributed by atoms with Gasteiger partial charge in [0.2, 0.25) is 0 Å². The maximum absolute atomic E-state index is 5.38. The van der Waals surface area contributed by atoms with Crippen molar-refractivity contribution in [3.05, 3.63) is 39.6 Å². The van der Waals surface area contributed by atoms with E-state index < -0.39 is 0 Å². The van der Waals surface area contributed by atoms with Gasteiger partial charge in [-0.1, -0.05) is 13.0 Å². The molecule has 0 aliphatic carbocycles. The highest BCUT2D eigenvalue weighted by Crippen LogP contribution is 2.27. The normalized spacial score (nSPS) is 10.7. The van der Waals surface area contributed by atoms with Crippen molar-refractivity contribution in [2.75, 3.05) is 12.4 Å². The maximum Gasteiger partial charge on any atom is 0.141 e. The lowest BCUT2D eigenvalue weighted by molar-refractivity contribution is 0.416. The van der Waals surface area contributed by atoms with Crippen molar-refractivity contribution < 1.29 is 4.74 Å². The lowest BCUT2D eigenvalue weighted by Crippen LogP contribution is -2.07. The van der Waals surface area contributed by atoms with Gasteiger partial charge in [0, 0.05) is 7.05 Å². The molecule has 1 N–H and O–H groups in total. The van der Waals surface area contributed by atoms with Gasteiger partial charge in [-0.3, -0.25) is 4.68 Å². The van der Waals surface area contributed by atoms with E-state index in [1.54, 1.807) is 7.11 Å². The summed E-state index contributed by atoms with van der Waals surface area (Å²) in [5, 5.41) is 7.92. The summed E-state index contributed by atoms with van der Waals surface area (Å²) in [6.07, 6.45) is 0.919. The van der Waals surface area contributed by atoms with Crippen molar-refractivity contribution in [2.45, 2.75) is 26.8 Å². The molecule has 1 aromatic heterocycles. The number of hydrogen-bond donors (Lipinski definition) is 1. The van der Waals surface area contributed by atoms with Crippen LogP contribution in [0.1, 0.15) is 23.9 Å². The number of methoxy groups -OCH3 is 1. The van der Waals surface area contributed by atoms with Crippen LogP contribution in [0.15, 0.2) is 22.7 Å². The van der Waals surface area contributed by atoms with Crippen LogP contribution >= 0.6 is 15.9 Å². The minimum atomic E-state index is 0.698. The molecule has 0 aliphatic heterocycles. The summed E-state index contributed by atoms with van der Waals surface area (Å²) in [6.45, 7) is 4.87. The van der Waals surface area contributed by atoms with Crippen molar-refractivity contribution in [1.82, 2.24) is 9.78 Å². The number of aromatic nitrogens is 2. The third-order valence-electron chi connectivity index (χ3n) is 3.30. The molecule has 20 heavy (non-hydrogen) atoms. The first-order chi connectivity index (χ1) is 9.56. The molecule has 4 nitrogen and oxygen atoms in total. The maximum atomic E-state index is 5.38. The fourth-order valence-corrected chi connectivity index (χ4v) is 2.91. The van der Waals surface area contributed by atoms with Gasteiger partial charge < -0.3 is 10.1 Å². The highest BCUT2D eigenvalue weighted by Gasteiger charge is 2.13. The number of halogens is 1. The highest BCUT2D eigenvalue weighted by molar-refractivity contribution is 9.10. The standard InChI is InChI=1S/C15H20BrN3O/c1-5-11-15(16)13(19(3)18-11)9-17-12-8-10(2)6-7-14(12)20-4/h6-8,17H,5,9H2,1-4H3. The van der Waals surface area contributed by atoms with Gasteiger partial charge in [0.15, 0.2) is 0 Å². The van der Waals surface area contributed by atoms with Gasteiger partial charge in [0.1, 0.15) is 5.75 Å². The Bertz CT molecular complexity index is 607. The van der Waals surface area contributed by atoms with Crippen LogP contribution in [0, 0.1) is 6.92 Å². The monoisotopic (exact) mass is 337 g/mol. The van der Waals surface area contributed by atoms with Crippen molar-refractivity contribution in [3.8, 4) is 5.75 Å². The van der Waals surface area contributed by atoms with Crippen molar-refractivity contribution in [2.24, 2.45) is 7.05 Å². The molecule has 0 radical (unpaired) electrons. The van der Waals surface area contributed by atoms with Crippen LogP contribution in [0.2, 0.25) is 0 Å². The number of nitrogens with zero attached hydrogens (tertiary/aromatic N) is 2. The number of rotatable bonds is 5. The molecule has 0 aliphatic rings. The number of nitrogens with one attached hydrogen (secondary N) is 1. The van der Waals surface area contributed by atoms with Crippen LogP contribution in [0.25, 0.3) is 0 Å². The number of hydrogen-bond acceptors (Lipinski definition) is 3. The number of anilines is 1. The van der Waals surface area contributed by atoms with E-state index in [9.17, 15) is 0 Å². The van der Waals surface area contributed by atoms with Crippen LogP contribution in [0.3, 0.4) is 0 Å². The lowest BCUT2D eigenvalue weighted by Gasteiger charge is -2.12. The molecule has 0 spiro atoms. The van der Waals surface area contributed by atoms with Crippen LogP contribution < -0.4 is 10.1 Å². The van der Waals surface area contributed by atoms with E-state index in [-0.39, 0.29) is 0 Å². The molecule has 5 heteroatoms. The molecule has 0 fully saturated rings. The molecule has 0 saturated heterocycles. The fraction of sp³-hybridized carbons (Fsp3) is 0.400. The molecule has 0 unspecified atom stereocenters. The average Bonchev–Trinajstić information content (AvgIpc) is 2.71. The Morgan fingerprint density at radius 1 is 1.40 bits per heavy atom. The van der Waals surface area contributed by atoms with Gasteiger partial charge >= 0.3 is 0 Å². The summed E-state index contributed by atoms with van der Waals surface area (Å²) in [5.74, 6) is 0.851. The molecule has 1 aromatic carbocycles.